The number of nitrogens with one attached hydrogen (secondary N) is 2. The van der Waals surface area contributed by atoms with Crippen molar-refractivity contribution in [2.45, 2.75) is 13.8 Å². The highest BCUT2D eigenvalue weighted by Gasteiger charge is 2.10. The summed E-state index contributed by atoms with van der Waals surface area (Å²) in [5.74, 6) is 0.333. The maximum absolute atomic E-state index is 12.6. The van der Waals surface area contributed by atoms with E-state index in [4.69, 9.17) is 0 Å². The molecule has 0 unspecified atom stereocenters. The predicted molar refractivity (Wildman–Crippen MR) is 119 cm³/mol. The van der Waals surface area contributed by atoms with Gasteiger partial charge in [0.1, 0.15) is 0 Å². The normalized spacial score (nSPS) is 10.5. The molecule has 0 aliphatic rings. The van der Waals surface area contributed by atoms with Crippen LogP contribution in [0.3, 0.4) is 0 Å². The maximum atomic E-state index is 12.6. The monoisotopic (exact) mass is 395 g/mol. The van der Waals surface area contributed by atoms with E-state index in [1.54, 1.807) is 18.6 Å². The first-order chi connectivity index (χ1) is 14.6. The summed E-state index contributed by atoms with van der Waals surface area (Å²) in [6.45, 7) is 3.91. The Bertz CT molecular complexity index is 1190. The predicted octanol–water partition coefficient (Wildman–Crippen LogP) is 5.15. The van der Waals surface area contributed by atoms with Gasteiger partial charge in [0.15, 0.2) is 0 Å². The number of nitrogens with zero attached hydrogens (tertiary/aromatic N) is 3. The molecule has 6 nitrogen and oxygen atoms in total. The summed E-state index contributed by atoms with van der Waals surface area (Å²) in [7, 11) is 0. The van der Waals surface area contributed by atoms with Gasteiger partial charge in [0.25, 0.3) is 5.91 Å². The molecule has 0 radical (unpaired) electrons. The fourth-order valence-electron chi connectivity index (χ4n) is 3.07. The standard InChI is InChI=1S/C24H21N5O/c1-16-6-3-4-8-20(16)23(30)27-19-10-9-17(2)22(14-19)29-24-26-13-11-21(28-24)18-7-5-12-25-15-18/h3-15H,1-2H3,(H,27,30)(H,26,28,29). The van der Waals surface area contributed by atoms with Crippen LogP contribution in [0.5, 0.6) is 0 Å². The molecular formula is C24H21N5O. The molecule has 0 aliphatic carbocycles. The summed E-state index contributed by atoms with van der Waals surface area (Å²) in [5, 5.41) is 6.21. The highest BCUT2D eigenvalue weighted by Crippen LogP contribution is 2.24. The lowest BCUT2D eigenvalue weighted by Gasteiger charge is -2.13. The highest BCUT2D eigenvalue weighted by molar-refractivity contribution is 6.05. The van der Waals surface area contributed by atoms with E-state index in [-0.39, 0.29) is 5.91 Å². The highest BCUT2D eigenvalue weighted by atomic mass is 16.1. The fraction of sp³-hybridized carbons (Fsp3) is 0.0833. The van der Waals surface area contributed by atoms with Gasteiger partial charge >= 0.3 is 0 Å². The Balaban J connectivity index is 1.56. The van der Waals surface area contributed by atoms with Crippen LogP contribution in [0.1, 0.15) is 21.5 Å². The van der Waals surface area contributed by atoms with Crippen molar-refractivity contribution in [3.8, 4) is 11.3 Å². The van der Waals surface area contributed by atoms with Gasteiger partial charge in [-0.3, -0.25) is 9.78 Å². The molecule has 0 saturated carbocycles. The largest absolute Gasteiger partial charge is 0.324 e. The van der Waals surface area contributed by atoms with Gasteiger partial charge in [0.05, 0.1) is 5.69 Å². The molecule has 0 atom stereocenters. The van der Waals surface area contributed by atoms with Crippen LogP contribution in [0.15, 0.2) is 79.3 Å². The Labute approximate surface area is 175 Å². The molecule has 2 aromatic carbocycles. The van der Waals surface area contributed by atoms with E-state index >= 15 is 0 Å². The lowest BCUT2D eigenvalue weighted by atomic mass is 10.1. The second-order valence-electron chi connectivity index (χ2n) is 6.93. The molecule has 30 heavy (non-hydrogen) atoms. The minimum absolute atomic E-state index is 0.141. The number of aromatic nitrogens is 3. The summed E-state index contributed by atoms with van der Waals surface area (Å²) >= 11 is 0. The Morgan fingerprint density at radius 3 is 2.57 bits per heavy atom. The van der Waals surface area contributed by atoms with Crippen LogP contribution in [0.25, 0.3) is 11.3 Å². The molecule has 4 aromatic rings. The molecule has 0 spiro atoms. The van der Waals surface area contributed by atoms with Crippen molar-refractivity contribution >= 4 is 23.2 Å². The van der Waals surface area contributed by atoms with E-state index in [1.807, 2.05) is 74.5 Å². The van der Waals surface area contributed by atoms with E-state index in [9.17, 15) is 4.79 Å². The number of hydrogen-bond acceptors (Lipinski definition) is 5. The Morgan fingerprint density at radius 2 is 1.77 bits per heavy atom. The smallest absolute Gasteiger partial charge is 0.255 e. The van der Waals surface area contributed by atoms with Gasteiger partial charge in [-0.15, -0.1) is 0 Å². The fourth-order valence-corrected chi connectivity index (χ4v) is 3.07. The Hall–Kier alpha value is -4.06. The summed E-state index contributed by atoms with van der Waals surface area (Å²) < 4.78 is 0. The molecule has 1 amide bonds. The van der Waals surface area contributed by atoms with Crippen molar-refractivity contribution in [2.24, 2.45) is 0 Å². The van der Waals surface area contributed by atoms with Gasteiger partial charge in [0, 0.05) is 41.1 Å². The number of rotatable bonds is 5. The van der Waals surface area contributed by atoms with Crippen molar-refractivity contribution < 1.29 is 4.79 Å². The van der Waals surface area contributed by atoms with Gasteiger partial charge < -0.3 is 10.6 Å². The third-order valence-corrected chi connectivity index (χ3v) is 4.74. The van der Waals surface area contributed by atoms with Crippen molar-refractivity contribution in [2.75, 3.05) is 10.6 Å². The van der Waals surface area contributed by atoms with E-state index in [2.05, 4.69) is 25.6 Å². The van der Waals surface area contributed by atoms with Crippen LogP contribution < -0.4 is 10.6 Å². The van der Waals surface area contributed by atoms with Gasteiger partial charge in [-0.25, -0.2) is 9.97 Å². The van der Waals surface area contributed by atoms with Crippen LogP contribution in [-0.4, -0.2) is 20.9 Å². The quantitative estimate of drug-likeness (QED) is 0.488. The van der Waals surface area contributed by atoms with Gasteiger partial charge in [-0.05, 0) is 61.4 Å². The molecule has 2 aromatic heterocycles. The molecule has 0 fully saturated rings. The average molecular weight is 395 g/mol. The average Bonchev–Trinajstić information content (AvgIpc) is 2.77. The zero-order valence-corrected chi connectivity index (χ0v) is 16.8. The summed E-state index contributed by atoms with van der Waals surface area (Å²) in [6.07, 6.45) is 5.19. The SMILES string of the molecule is Cc1ccc(NC(=O)c2ccccc2C)cc1Nc1nccc(-c2cccnc2)n1. The van der Waals surface area contributed by atoms with Crippen molar-refractivity contribution in [1.82, 2.24) is 15.0 Å². The molecule has 4 rings (SSSR count). The number of benzene rings is 2. The minimum Gasteiger partial charge on any atom is -0.324 e. The van der Waals surface area contributed by atoms with E-state index in [0.29, 0.717) is 17.2 Å². The first-order valence-electron chi connectivity index (χ1n) is 9.58. The lowest BCUT2D eigenvalue weighted by Crippen LogP contribution is -2.13. The molecule has 0 aliphatic heterocycles. The first kappa shape index (κ1) is 19.3. The van der Waals surface area contributed by atoms with Gasteiger partial charge in [-0.2, -0.15) is 0 Å². The number of carbonyl (C=O) groups is 1. The number of carbonyl (C=O) groups excluding carboxylic acids is 1. The molecule has 6 heteroatoms. The number of amides is 1. The van der Waals surface area contributed by atoms with E-state index < -0.39 is 0 Å². The van der Waals surface area contributed by atoms with Gasteiger partial charge in [0.2, 0.25) is 5.95 Å². The van der Waals surface area contributed by atoms with Gasteiger partial charge in [-0.1, -0.05) is 24.3 Å². The molecular weight excluding hydrogens is 374 g/mol. The van der Waals surface area contributed by atoms with Crippen LogP contribution in [0, 0.1) is 13.8 Å². The third-order valence-electron chi connectivity index (χ3n) is 4.74. The maximum Gasteiger partial charge on any atom is 0.255 e. The summed E-state index contributed by atoms with van der Waals surface area (Å²) in [4.78, 5) is 25.7. The second kappa shape index (κ2) is 8.53. The second-order valence-corrected chi connectivity index (χ2v) is 6.93. The zero-order valence-electron chi connectivity index (χ0n) is 16.8. The molecule has 2 N–H and O–H groups in total. The van der Waals surface area contributed by atoms with E-state index in [0.717, 1.165) is 28.1 Å². The van der Waals surface area contributed by atoms with Crippen LogP contribution in [-0.2, 0) is 0 Å². The van der Waals surface area contributed by atoms with Crippen LogP contribution in [0.2, 0.25) is 0 Å². The minimum atomic E-state index is -0.141. The Morgan fingerprint density at radius 1 is 0.900 bits per heavy atom. The van der Waals surface area contributed by atoms with Crippen LogP contribution in [0.4, 0.5) is 17.3 Å². The molecule has 0 saturated heterocycles. The van der Waals surface area contributed by atoms with Crippen molar-refractivity contribution in [3.63, 3.8) is 0 Å². The number of anilines is 3. The summed E-state index contributed by atoms with van der Waals surface area (Å²) in [5.41, 5.74) is 5.81. The molecule has 2 heterocycles. The number of hydrogen-bond donors (Lipinski definition) is 2. The number of pyridine rings is 1. The number of aryl methyl sites for hydroxylation is 2. The van der Waals surface area contributed by atoms with Crippen molar-refractivity contribution in [3.05, 3.63) is 95.9 Å². The molecule has 0 bridgehead atoms. The van der Waals surface area contributed by atoms with Crippen LogP contribution >= 0.6 is 0 Å². The zero-order chi connectivity index (χ0) is 20.9. The first-order valence-corrected chi connectivity index (χ1v) is 9.58. The lowest BCUT2D eigenvalue weighted by molar-refractivity contribution is 0.102. The van der Waals surface area contributed by atoms with E-state index in [1.165, 1.54) is 0 Å². The third kappa shape index (κ3) is 4.33. The topological polar surface area (TPSA) is 79.8 Å². The summed E-state index contributed by atoms with van der Waals surface area (Å²) in [6, 6.07) is 18.9. The Kier molecular flexibility index (Phi) is 5.48. The molecule has 148 valence electrons. The van der Waals surface area contributed by atoms with Crippen molar-refractivity contribution in [1.29, 1.82) is 0 Å².